The van der Waals surface area contributed by atoms with Crippen LogP contribution < -0.4 is 4.90 Å². The molecule has 6 nitrogen and oxygen atoms in total. The second kappa shape index (κ2) is 9.55. The first-order valence-electron chi connectivity index (χ1n) is 11.6. The predicted molar refractivity (Wildman–Crippen MR) is 128 cm³/mol. The number of nitrogens with zero attached hydrogens (tertiary/aromatic N) is 4. The molecule has 6 heteroatoms. The number of carbonyl (C=O) groups excluding carboxylic acids is 2. The minimum Gasteiger partial charge on any atom is -0.341 e. The van der Waals surface area contributed by atoms with Crippen LogP contribution >= 0.6 is 0 Å². The van der Waals surface area contributed by atoms with Crippen LogP contribution in [0.4, 0.5) is 5.69 Å². The van der Waals surface area contributed by atoms with E-state index >= 15 is 0 Å². The highest BCUT2D eigenvalue weighted by atomic mass is 16.2. The normalized spacial score (nSPS) is 16.2. The van der Waals surface area contributed by atoms with Gasteiger partial charge in [0.25, 0.3) is 0 Å². The fourth-order valence-electron chi connectivity index (χ4n) is 4.56. The lowest BCUT2D eigenvalue weighted by Gasteiger charge is -2.23. The molecule has 0 bridgehead atoms. The van der Waals surface area contributed by atoms with Gasteiger partial charge in [-0.1, -0.05) is 43.7 Å². The van der Waals surface area contributed by atoms with Gasteiger partial charge in [-0.25, -0.2) is 4.98 Å². The van der Waals surface area contributed by atoms with E-state index in [2.05, 4.69) is 13.8 Å². The Labute approximate surface area is 189 Å². The molecule has 3 aromatic rings. The third-order valence-electron chi connectivity index (χ3n) is 6.15. The molecular weight excluding hydrogens is 400 g/mol. The summed E-state index contributed by atoms with van der Waals surface area (Å²) in [4.78, 5) is 34.7. The van der Waals surface area contributed by atoms with Gasteiger partial charge in [-0.3, -0.25) is 9.59 Å². The van der Waals surface area contributed by atoms with Gasteiger partial charge < -0.3 is 14.4 Å². The summed E-state index contributed by atoms with van der Waals surface area (Å²) >= 11 is 0. The molecule has 0 spiro atoms. The number of hydrogen-bond acceptors (Lipinski definition) is 3. The van der Waals surface area contributed by atoms with Gasteiger partial charge in [0.2, 0.25) is 11.8 Å². The number of aromatic nitrogens is 2. The number of para-hydroxylation sites is 2. The molecule has 1 atom stereocenters. The van der Waals surface area contributed by atoms with Crippen LogP contribution in [0.25, 0.3) is 11.0 Å². The van der Waals surface area contributed by atoms with Crippen molar-refractivity contribution in [3.8, 4) is 0 Å². The fraction of sp³-hybridized carbons (Fsp3) is 0.423. The first-order valence-corrected chi connectivity index (χ1v) is 11.6. The average Bonchev–Trinajstić information content (AvgIpc) is 3.35. The van der Waals surface area contributed by atoms with Gasteiger partial charge in [0.1, 0.15) is 12.4 Å². The van der Waals surface area contributed by atoms with Gasteiger partial charge >= 0.3 is 0 Å². The second-order valence-electron chi connectivity index (χ2n) is 8.67. The Morgan fingerprint density at radius 1 is 1.06 bits per heavy atom. The molecule has 4 rings (SSSR count). The number of aryl methyl sites for hydroxylation is 1. The maximum atomic E-state index is 13.2. The van der Waals surface area contributed by atoms with Gasteiger partial charge in [0.15, 0.2) is 0 Å². The molecule has 0 saturated carbocycles. The largest absolute Gasteiger partial charge is 0.341 e. The van der Waals surface area contributed by atoms with Gasteiger partial charge in [-0.15, -0.1) is 0 Å². The third-order valence-corrected chi connectivity index (χ3v) is 6.15. The van der Waals surface area contributed by atoms with Crippen LogP contribution in [-0.4, -0.2) is 45.9 Å². The molecule has 2 heterocycles. The Balaban J connectivity index is 1.65. The van der Waals surface area contributed by atoms with E-state index in [1.54, 1.807) is 0 Å². The zero-order chi connectivity index (χ0) is 22.7. The summed E-state index contributed by atoms with van der Waals surface area (Å²) in [6.07, 6.45) is 2.27. The fourth-order valence-corrected chi connectivity index (χ4v) is 4.56. The van der Waals surface area contributed by atoms with Crippen molar-refractivity contribution in [2.45, 2.75) is 52.5 Å². The van der Waals surface area contributed by atoms with E-state index in [9.17, 15) is 9.59 Å². The van der Waals surface area contributed by atoms with Gasteiger partial charge in [0, 0.05) is 37.7 Å². The minimum absolute atomic E-state index is 0.0465. The van der Waals surface area contributed by atoms with E-state index in [1.165, 1.54) is 5.56 Å². The Kier molecular flexibility index (Phi) is 6.58. The van der Waals surface area contributed by atoms with Crippen molar-refractivity contribution in [2.75, 3.05) is 24.5 Å². The van der Waals surface area contributed by atoms with Gasteiger partial charge in [0.05, 0.1) is 11.0 Å². The number of fused-ring (bicyclic) bond motifs is 1. The predicted octanol–water partition coefficient (Wildman–Crippen LogP) is 4.51. The molecule has 2 amide bonds. The summed E-state index contributed by atoms with van der Waals surface area (Å²) in [5, 5.41) is 0. The SMILES string of the molecule is CCCN(CCC)C(=O)Cn1c([C@@H]2CC(=O)N(c3ccc(C)cc3)C2)nc2ccccc21. The first kappa shape index (κ1) is 22.1. The highest BCUT2D eigenvalue weighted by molar-refractivity contribution is 5.96. The summed E-state index contributed by atoms with van der Waals surface area (Å²) in [6.45, 7) is 8.58. The lowest BCUT2D eigenvalue weighted by Crippen LogP contribution is -2.35. The molecule has 0 N–H and O–H groups in total. The van der Waals surface area contributed by atoms with Crippen LogP contribution in [0.2, 0.25) is 0 Å². The smallest absolute Gasteiger partial charge is 0.242 e. The average molecular weight is 433 g/mol. The maximum absolute atomic E-state index is 13.2. The van der Waals surface area contributed by atoms with Crippen molar-refractivity contribution in [3.63, 3.8) is 0 Å². The molecule has 1 saturated heterocycles. The first-order chi connectivity index (χ1) is 15.5. The number of anilines is 1. The van der Waals surface area contributed by atoms with Crippen LogP contribution in [-0.2, 0) is 16.1 Å². The van der Waals surface area contributed by atoms with Crippen LogP contribution in [0.1, 0.15) is 50.4 Å². The molecule has 1 aliphatic rings. The van der Waals surface area contributed by atoms with Gasteiger partial charge in [-0.05, 0) is 44.0 Å². The molecule has 2 aromatic carbocycles. The van der Waals surface area contributed by atoms with Crippen molar-refractivity contribution >= 4 is 28.5 Å². The lowest BCUT2D eigenvalue weighted by atomic mass is 10.1. The standard InChI is InChI=1S/C26H32N4O2/c1-4-14-28(15-5-2)25(32)18-30-23-9-7-6-8-22(23)27-26(30)20-16-24(31)29(17-20)21-12-10-19(3)11-13-21/h6-13,20H,4-5,14-18H2,1-3H3/t20-/m1/s1. The number of carbonyl (C=O) groups is 2. The Morgan fingerprint density at radius 2 is 1.75 bits per heavy atom. The zero-order valence-electron chi connectivity index (χ0n) is 19.3. The van der Waals surface area contributed by atoms with E-state index < -0.39 is 0 Å². The topological polar surface area (TPSA) is 58.4 Å². The Hall–Kier alpha value is -3.15. The van der Waals surface area contributed by atoms with E-state index in [0.29, 0.717) is 13.0 Å². The minimum atomic E-state index is -0.0465. The van der Waals surface area contributed by atoms with Crippen molar-refractivity contribution < 1.29 is 9.59 Å². The Bertz CT molecular complexity index is 1100. The highest BCUT2D eigenvalue weighted by Gasteiger charge is 2.35. The number of benzene rings is 2. The van der Waals surface area contributed by atoms with Crippen molar-refractivity contribution in [3.05, 3.63) is 59.9 Å². The number of amides is 2. The zero-order valence-corrected chi connectivity index (χ0v) is 19.3. The monoisotopic (exact) mass is 432 g/mol. The number of imidazole rings is 1. The summed E-state index contributed by atoms with van der Waals surface area (Å²) < 4.78 is 2.03. The Morgan fingerprint density at radius 3 is 2.44 bits per heavy atom. The molecule has 1 aromatic heterocycles. The van der Waals surface area contributed by atoms with Crippen LogP contribution in [0, 0.1) is 6.92 Å². The van der Waals surface area contributed by atoms with Crippen molar-refractivity contribution in [2.24, 2.45) is 0 Å². The number of rotatable bonds is 8. The van der Waals surface area contributed by atoms with Crippen LogP contribution in [0.5, 0.6) is 0 Å². The summed E-state index contributed by atoms with van der Waals surface area (Å²) in [5.41, 5.74) is 3.90. The summed E-state index contributed by atoms with van der Waals surface area (Å²) in [6, 6.07) is 16.0. The van der Waals surface area contributed by atoms with Gasteiger partial charge in [-0.2, -0.15) is 0 Å². The second-order valence-corrected chi connectivity index (χ2v) is 8.67. The van der Waals surface area contributed by atoms with E-state index in [0.717, 1.165) is 48.5 Å². The molecule has 0 radical (unpaired) electrons. The van der Waals surface area contributed by atoms with Crippen molar-refractivity contribution in [1.29, 1.82) is 0 Å². The van der Waals surface area contributed by atoms with Crippen LogP contribution in [0.15, 0.2) is 48.5 Å². The van der Waals surface area contributed by atoms with Crippen molar-refractivity contribution in [1.82, 2.24) is 14.5 Å². The third kappa shape index (κ3) is 4.40. The lowest BCUT2D eigenvalue weighted by molar-refractivity contribution is -0.131. The molecule has 1 aliphatic heterocycles. The van der Waals surface area contributed by atoms with E-state index in [-0.39, 0.29) is 24.3 Å². The molecule has 168 valence electrons. The highest BCUT2D eigenvalue weighted by Crippen LogP contribution is 2.33. The molecular formula is C26H32N4O2. The van der Waals surface area contributed by atoms with Crippen LogP contribution in [0.3, 0.4) is 0 Å². The van der Waals surface area contributed by atoms with E-state index in [4.69, 9.17) is 4.98 Å². The van der Waals surface area contributed by atoms with E-state index in [1.807, 2.05) is 69.8 Å². The quantitative estimate of drug-likeness (QED) is 0.526. The summed E-state index contributed by atoms with van der Waals surface area (Å²) in [7, 11) is 0. The molecule has 32 heavy (non-hydrogen) atoms. The molecule has 0 aliphatic carbocycles. The maximum Gasteiger partial charge on any atom is 0.242 e. The summed E-state index contributed by atoms with van der Waals surface area (Å²) in [5.74, 6) is 0.991. The molecule has 1 fully saturated rings. The molecule has 0 unspecified atom stereocenters. The number of hydrogen-bond donors (Lipinski definition) is 0.